The Morgan fingerprint density at radius 3 is 2.28 bits per heavy atom. The van der Waals surface area contributed by atoms with Crippen LogP contribution in [0.3, 0.4) is 0 Å². The summed E-state index contributed by atoms with van der Waals surface area (Å²) in [6.07, 6.45) is 5.25. The highest BCUT2D eigenvalue weighted by Crippen LogP contribution is 2.37. The number of phenols is 1. The molecular formula is C24H29NO4. The Kier molecular flexibility index (Phi) is 6.57. The van der Waals surface area contributed by atoms with Crippen LogP contribution < -0.4 is 4.90 Å². The number of carboxylic acids is 1. The molecule has 2 N–H and O–H groups in total. The molecule has 0 aliphatic heterocycles. The van der Waals surface area contributed by atoms with Crippen LogP contribution in [-0.2, 0) is 0 Å². The second kappa shape index (κ2) is 9.12. The molecule has 154 valence electrons. The fourth-order valence-electron chi connectivity index (χ4n) is 4.39. The first-order chi connectivity index (χ1) is 14.0. The third-order valence-corrected chi connectivity index (χ3v) is 5.95. The minimum absolute atomic E-state index is 0.00490. The van der Waals surface area contributed by atoms with Gasteiger partial charge in [0.15, 0.2) is 5.78 Å². The Morgan fingerprint density at radius 2 is 1.69 bits per heavy atom. The van der Waals surface area contributed by atoms with Gasteiger partial charge >= 0.3 is 5.97 Å². The van der Waals surface area contributed by atoms with Gasteiger partial charge in [-0.2, -0.15) is 0 Å². The van der Waals surface area contributed by atoms with E-state index in [-0.39, 0.29) is 28.4 Å². The first-order valence-corrected chi connectivity index (χ1v) is 10.5. The number of hydrogen-bond donors (Lipinski definition) is 2. The molecule has 0 radical (unpaired) electrons. The summed E-state index contributed by atoms with van der Waals surface area (Å²) in [5.41, 5.74) is 2.00. The van der Waals surface area contributed by atoms with Crippen molar-refractivity contribution < 1.29 is 19.8 Å². The van der Waals surface area contributed by atoms with E-state index in [9.17, 15) is 19.8 Å². The number of aromatic hydroxyl groups is 1. The highest BCUT2D eigenvalue weighted by molar-refractivity contribution is 6.16. The lowest BCUT2D eigenvalue weighted by Gasteiger charge is -2.25. The predicted molar refractivity (Wildman–Crippen MR) is 114 cm³/mol. The third kappa shape index (κ3) is 4.29. The van der Waals surface area contributed by atoms with Crippen LogP contribution in [0.25, 0.3) is 0 Å². The SMILES string of the molecule is CCN(CC)c1ccc(C(=O)c2c(C(=O)O)cccc2C2CCCCC2)c(O)c1. The van der Waals surface area contributed by atoms with Crippen molar-refractivity contribution in [3.05, 3.63) is 58.7 Å². The Bertz CT molecular complexity index is 896. The molecule has 0 spiro atoms. The van der Waals surface area contributed by atoms with Gasteiger partial charge in [0.2, 0.25) is 0 Å². The van der Waals surface area contributed by atoms with Crippen molar-refractivity contribution in [2.24, 2.45) is 0 Å². The van der Waals surface area contributed by atoms with E-state index in [1.165, 1.54) is 12.5 Å². The molecule has 1 aliphatic carbocycles. The number of nitrogens with zero attached hydrogens (tertiary/aromatic N) is 1. The normalized spacial score (nSPS) is 14.6. The number of carbonyl (C=O) groups is 2. The monoisotopic (exact) mass is 395 g/mol. The minimum atomic E-state index is -1.12. The molecule has 1 fully saturated rings. The fourth-order valence-corrected chi connectivity index (χ4v) is 4.39. The minimum Gasteiger partial charge on any atom is -0.507 e. The number of anilines is 1. The molecule has 5 nitrogen and oxygen atoms in total. The van der Waals surface area contributed by atoms with Crippen molar-refractivity contribution >= 4 is 17.4 Å². The number of phenolic OH excluding ortho intramolecular Hbond substituents is 1. The van der Waals surface area contributed by atoms with E-state index >= 15 is 0 Å². The highest BCUT2D eigenvalue weighted by atomic mass is 16.4. The van der Waals surface area contributed by atoms with E-state index in [1.54, 1.807) is 18.2 Å². The number of rotatable bonds is 7. The zero-order chi connectivity index (χ0) is 21.0. The largest absolute Gasteiger partial charge is 0.507 e. The zero-order valence-corrected chi connectivity index (χ0v) is 17.1. The van der Waals surface area contributed by atoms with Crippen LogP contribution in [0.2, 0.25) is 0 Å². The van der Waals surface area contributed by atoms with E-state index in [1.807, 2.05) is 26.0 Å². The van der Waals surface area contributed by atoms with Gasteiger partial charge in [-0.15, -0.1) is 0 Å². The maximum atomic E-state index is 13.4. The lowest BCUT2D eigenvalue weighted by molar-refractivity contribution is 0.0692. The number of benzene rings is 2. The maximum Gasteiger partial charge on any atom is 0.336 e. The molecule has 0 unspecified atom stereocenters. The first-order valence-electron chi connectivity index (χ1n) is 10.5. The van der Waals surface area contributed by atoms with Crippen molar-refractivity contribution in [3.8, 4) is 5.75 Å². The molecule has 1 aliphatic rings. The Hall–Kier alpha value is -2.82. The van der Waals surface area contributed by atoms with Crippen LogP contribution in [0.15, 0.2) is 36.4 Å². The summed E-state index contributed by atoms with van der Waals surface area (Å²) in [7, 11) is 0. The van der Waals surface area contributed by atoms with Crippen molar-refractivity contribution in [3.63, 3.8) is 0 Å². The number of aromatic carboxylic acids is 1. The highest BCUT2D eigenvalue weighted by Gasteiger charge is 2.28. The van der Waals surface area contributed by atoms with Gasteiger partial charge in [-0.3, -0.25) is 4.79 Å². The zero-order valence-electron chi connectivity index (χ0n) is 17.1. The van der Waals surface area contributed by atoms with Gasteiger partial charge < -0.3 is 15.1 Å². The van der Waals surface area contributed by atoms with Crippen LogP contribution in [0.1, 0.15) is 83.7 Å². The van der Waals surface area contributed by atoms with Crippen LogP contribution in [0.5, 0.6) is 5.75 Å². The van der Waals surface area contributed by atoms with E-state index in [2.05, 4.69) is 4.90 Å². The van der Waals surface area contributed by atoms with Crippen LogP contribution in [0, 0.1) is 0 Å². The van der Waals surface area contributed by atoms with Crippen molar-refractivity contribution in [2.75, 3.05) is 18.0 Å². The molecule has 0 bridgehead atoms. The molecule has 5 heteroatoms. The molecule has 1 saturated carbocycles. The molecule has 0 saturated heterocycles. The fraction of sp³-hybridized carbons (Fsp3) is 0.417. The third-order valence-electron chi connectivity index (χ3n) is 5.95. The van der Waals surface area contributed by atoms with Crippen LogP contribution >= 0.6 is 0 Å². The van der Waals surface area contributed by atoms with Crippen molar-refractivity contribution in [1.82, 2.24) is 0 Å². The van der Waals surface area contributed by atoms with Crippen LogP contribution in [0.4, 0.5) is 5.69 Å². The average Bonchev–Trinajstić information content (AvgIpc) is 2.74. The Balaban J connectivity index is 2.07. The number of hydrogen-bond acceptors (Lipinski definition) is 4. The molecule has 29 heavy (non-hydrogen) atoms. The summed E-state index contributed by atoms with van der Waals surface area (Å²) in [6.45, 7) is 5.63. The molecular weight excluding hydrogens is 366 g/mol. The summed E-state index contributed by atoms with van der Waals surface area (Å²) in [6, 6.07) is 10.1. The number of carbonyl (C=O) groups excluding carboxylic acids is 1. The predicted octanol–water partition coefficient (Wildman–Crippen LogP) is 5.22. The van der Waals surface area contributed by atoms with Crippen molar-refractivity contribution in [2.45, 2.75) is 51.9 Å². The quantitative estimate of drug-likeness (QED) is 0.629. The van der Waals surface area contributed by atoms with Gasteiger partial charge in [0.05, 0.1) is 11.1 Å². The van der Waals surface area contributed by atoms with E-state index in [0.717, 1.165) is 50.0 Å². The standard InChI is InChI=1S/C24H29NO4/c1-3-25(4-2)17-13-14-19(21(26)15-17)23(27)22-18(16-9-6-5-7-10-16)11-8-12-20(22)24(28)29/h8,11-16,26H,3-7,9-10H2,1-2H3,(H,28,29). The van der Waals surface area contributed by atoms with Gasteiger partial charge in [-0.1, -0.05) is 31.4 Å². The molecule has 0 aromatic heterocycles. The molecule has 2 aromatic rings. The molecule has 0 atom stereocenters. The topological polar surface area (TPSA) is 77.8 Å². The number of ketones is 1. The van der Waals surface area contributed by atoms with Gasteiger partial charge in [0, 0.05) is 30.4 Å². The maximum absolute atomic E-state index is 13.4. The summed E-state index contributed by atoms with van der Waals surface area (Å²) < 4.78 is 0. The number of carboxylic acid groups (broad SMARTS) is 1. The summed E-state index contributed by atoms with van der Waals surface area (Å²) >= 11 is 0. The van der Waals surface area contributed by atoms with E-state index in [4.69, 9.17) is 0 Å². The van der Waals surface area contributed by atoms with Crippen molar-refractivity contribution in [1.29, 1.82) is 0 Å². The lowest BCUT2D eigenvalue weighted by atomic mass is 9.79. The van der Waals surface area contributed by atoms with Gasteiger partial charge in [0.25, 0.3) is 0 Å². The summed E-state index contributed by atoms with van der Waals surface area (Å²) in [5, 5.41) is 20.3. The van der Waals surface area contributed by atoms with E-state index in [0.29, 0.717) is 0 Å². The second-order valence-electron chi connectivity index (χ2n) is 7.61. The molecule has 3 rings (SSSR count). The van der Waals surface area contributed by atoms with Gasteiger partial charge in [-0.25, -0.2) is 4.79 Å². The average molecular weight is 395 g/mol. The molecule has 0 amide bonds. The second-order valence-corrected chi connectivity index (χ2v) is 7.61. The Morgan fingerprint density at radius 1 is 1.00 bits per heavy atom. The Labute approximate surface area is 172 Å². The summed E-state index contributed by atoms with van der Waals surface area (Å²) in [4.78, 5) is 27.4. The lowest BCUT2D eigenvalue weighted by Crippen LogP contribution is -2.22. The first kappa shape index (κ1) is 20.9. The van der Waals surface area contributed by atoms with Gasteiger partial charge in [-0.05, 0) is 56.4 Å². The van der Waals surface area contributed by atoms with Crippen LogP contribution in [-0.4, -0.2) is 35.1 Å². The smallest absolute Gasteiger partial charge is 0.336 e. The van der Waals surface area contributed by atoms with E-state index < -0.39 is 11.8 Å². The molecule has 2 aromatic carbocycles. The van der Waals surface area contributed by atoms with Gasteiger partial charge in [0.1, 0.15) is 5.75 Å². The summed E-state index contributed by atoms with van der Waals surface area (Å²) in [5.74, 6) is -1.48. The molecule has 0 heterocycles.